The van der Waals surface area contributed by atoms with Gasteiger partial charge in [0.25, 0.3) is 0 Å². The van der Waals surface area contributed by atoms with Crippen molar-refractivity contribution in [2.24, 2.45) is 0 Å². The summed E-state index contributed by atoms with van der Waals surface area (Å²) in [5.74, 6) is 0.850. The Bertz CT molecular complexity index is 1140. The second-order valence-corrected chi connectivity index (χ2v) is 10.0. The molecule has 1 heterocycles. The van der Waals surface area contributed by atoms with Crippen LogP contribution in [0.25, 0.3) is 5.69 Å². The lowest BCUT2D eigenvalue weighted by atomic mass is 10.3. The first kappa shape index (κ1) is 20.3. The topological polar surface area (TPSA) is 31.2 Å². The van der Waals surface area contributed by atoms with Gasteiger partial charge in [-0.25, -0.2) is 0 Å². The summed E-state index contributed by atoms with van der Waals surface area (Å²) >= 11 is 0. The number of aromatic nitrogens is 1. The van der Waals surface area contributed by atoms with Gasteiger partial charge >= 0.3 is 0 Å². The van der Waals surface area contributed by atoms with E-state index in [1.165, 1.54) is 0 Å². The van der Waals surface area contributed by atoms with E-state index in [0.29, 0.717) is 6.61 Å². The molecule has 0 amide bonds. The van der Waals surface area contributed by atoms with E-state index >= 15 is 0 Å². The van der Waals surface area contributed by atoms with E-state index in [2.05, 4.69) is 24.5 Å². The Morgan fingerprint density at radius 2 is 1.33 bits per heavy atom. The predicted molar refractivity (Wildman–Crippen MR) is 126 cm³/mol. The number of benzene rings is 3. The molecule has 4 heteroatoms. The van der Waals surface area contributed by atoms with Crippen molar-refractivity contribution in [3.05, 3.63) is 102 Å². The average Bonchev–Trinajstić information content (AvgIpc) is 3.09. The maximum Gasteiger partial charge on any atom is 0.172 e. The highest BCUT2D eigenvalue weighted by Gasteiger charge is 2.33. The molecule has 0 bridgehead atoms. The number of aryl methyl sites for hydroxylation is 1. The lowest BCUT2D eigenvalue weighted by Crippen LogP contribution is -2.26. The molecule has 0 aliphatic rings. The van der Waals surface area contributed by atoms with Gasteiger partial charge in [-0.3, -0.25) is 0 Å². The Kier molecular flexibility index (Phi) is 5.65. The Labute approximate surface area is 178 Å². The van der Waals surface area contributed by atoms with Gasteiger partial charge in [0.15, 0.2) is 7.14 Å². The molecule has 0 saturated heterocycles. The molecule has 0 fully saturated rings. The van der Waals surface area contributed by atoms with Crippen LogP contribution in [-0.4, -0.2) is 11.2 Å². The first-order valence-electron chi connectivity index (χ1n) is 10.2. The van der Waals surface area contributed by atoms with Crippen LogP contribution in [0.5, 0.6) is 5.75 Å². The average molecular weight is 415 g/mol. The first-order chi connectivity index (χ1) is 14.6. The Hall–Kier alpha value is -3.03. The van der Waals surface area contributed by atoms with E-state index in [1.54, 1.807) is 0 Å². The van der Waals surface area contributed by atoms with Crippen LogP contribution in [0.1, 0.15) is 18.3 Å². The zero-order chi connectivity index (χ0) is 21.1. The van der Waals surface area contributed by atoms with Crippen LogP contribution >= 0.6 is 7.14 Å². The molecule has 0 atom stereocenters. The molecule has 3 nitrogen and oxygen atoms in total. The minimum atomic E-state index is -3.01. The molecule has 0 radical (unpaired) electrons. The largest absolute Gasteiger partial charge is 0.494 e. The minimum absolute atomic E-state index is 0.641. The third kappa shape index (κ3) is 3.51. The van der Waals surface area contributed by atoms with E-state index in [0.717, 1.165) is 38.7 Å². The lowest BCUT2D eigenvalue weighted by molar-refractivity contribution is 0.340. The summed E-state index contributed by atoms with van der Waals surface area (Å²) in [6, 6.07) is 29.7. The third-order valence-electron chi connectivity index (χ3n) is 5.39. The Morgan fingerprint density at radius 1 is 0.800 bits per heavy atom. The molecule has 0 unspecified atom stereocenters. The zero-order valence-corrected chi connectivity index (χ0v) is 18.5. The normalized spacial score (nSPS) is 11.4. The van der Waals surface area contributed by atoms with E-state index in [-0.39, 0.29) is 0 Å². The van der Waals surface area contributed by atoms with Gasteiger partial charge in [0.2, 0.25) is 0 Å². The van der Waals surface area contributed by atoms with E-state index in [9.17, 15) is 4.57 Å². The van der Waals surface area contributed by atoms with Crippen molar-refractivity contribution in [1.82, 2.24) is 4.57 Å². The van der Waals surface area contributed by atoms with Crippen LogP contribution in [0.2, 0.25) is 0 Å². The smallest absolute Gasteiger partial charge is 0.172 e. The van der Waals surface area contributed by atoms with Crippen LogP contribution in [0, 0.1) is 13.8 Å². The molecule has 0 spiro atoms. The Morgan fingerprint density at radius 3 is 1.83 bits per heavy atom. The van der Waals surface area contributed by atoms with Gasteiger partial charge in [-0.2, -0.15) is 0 Å². The van der Waals surface area contributed by atoms with Gasteiger partial charge in [-0.05, 0) is 51.1 Å². The fourth-order valence-corrected chi connectivity index (χ4v) is 6.99. The van der Waals surface area contributed by atoms with Crippen LogP contribution in [0.4, 0.5) is 0 Å². The van der Waals surface area contributed by atoms with Crippen molar-refractivity contribution in [2.75, 3.05) is 6.61 Å². The van der Waals surface area contributed by atoms with Crippen molar-refractivity contribution in [3.63, 3.8) is 0 Å². The molecule has 30 heavy (non-hydrogen) atoms. The first-order valence-corrected chi connectivity index (χ1v) is 11.9. The lowest BCUT2D eigenvalue weighted by Gasteiger charge is -2.20. The van der Waals surface area contributed by atoms with Crippen LogP contribution in [-0.2, 0) is 4.57 Å². The maximum absolute atomic E-state index is 14.7. The number of hydrogen-bond donors (Lipinski definition) is 0. The van der Waals surface area contributed by atoms with Crippen molar-refractivity contribution in [3.8, 4) is 11.4 Å². The SMILES string of the molecule is CCOc1ccc(-n2c(C)cc(P(=O)(c3ccccc3)c3ccccc3)c2C)cc1. The molecule has 4 rings (SSSR count). The van der Waals surface area contributed by atoms with Crippen LogP contribution < -0.4 is 20.7 Å². The van der Waals surface area contributed by atoms with Crippen molar-refractivity contribution >= 4 is 23.1 Å². The highest BCUT2D eigenvalue weighted by molar-refractivity contribution is 7.85. The second-order valence-electron chi connectivity index (χ2n) is 7.30. The molecule has 0 aliphatic carbocycles. The van der Waals surface area contributed by atoms with E-state index in [1.807, 2.05) is 91.9 Å². The van der Waals surface area contributed by atoms with Crippen molar-refractivity contribution in [1.29, 1.82) is 0 Å². The molecular weight excluding hydrogens is 389 g/mol. The summed E-state index contributed by atoms with van der Waals surface area (Å²) in [7, 11) is -3.01. The van der Waals surface area contributed by atoms with E-state index in [4.69, 9.17) is 4.74 Å². The Balaban J connectivity index is 1.90. The summed E-state index contributed by atoms with van der Waals surface area (Å²) in [6.45, 7) is 6.73. The predicted octanol–water partition coefficient (Wildman–Crippen LogP) is 5.13. The zero-order valence-electron chi connectivity index (χ0n) is 17.6. The fourth-order valence-electron chi connectivity index (χ4n) is 4.02. The summed E-state index contributed by atoms with van der Waals surface area (Å²) in [4.78, 5) is 0. The summed E-state index contributed by atoms with van der Waals surface area (Å²) in [6.07, 6.45) is 0. The molecular formula is C26H26NO2P. The molecule has 152 valence electrons. The molecule has 3 aromatic carbocycles. The number of ether oxygens (including phenoxy) is 1. The van der Waals surface area contributed by atoms with Gasteiger partial charge < -0.3 is 13.9 Å². The van der Waals surface area contributed by atoms with Crippen molar-refractivity contribution < 1.29 is 9.30 Å². The maximum atomic E-state index is 14.7. The van der Waals surface area contributed by atoms with Gasteiger partial charge in [0.1, 0.15) is 5.75 Å². The van der Waals surface area contributed by atoms with Gasteiger partial charge in [0, 0.05) is 33.0 Å². The molecule has 4 aromatic rings. The standard InChI is InChI=1S/C26H26NO2P/c1-4-29-23-17-15-22(16-18-23)27-20(2)19-26(21(27)3)30(28,24-11-7-5-8-12-24)25-13-9-6-10-14-25/h5-19H,4H2,1-3H3. The monoisotopic (exact) mass is 415 g/mol. The van der Waals surface area contributed by atoms with Crippen LogP contribution in [0.3, 0.4) is 0 Å². The summed E-state index contributed by atoms with van der Waals surface area (Å²) in [5.41, 5.74) is 3.08. The number of hydrogen-bond acceptors (Lipinski definition) is 2. The van der Waals surface area contributed by atoms with Crippen LogP contribution in [0.15, 0.2) is 91.0 Å². The summed E-state index contributed by atoms with van der Waals surface area (Å²) in [5, 5.41) is 2.58. The van der Waals surface area contributed by atoms with E-state index < -0.39 is 7.14 Å². The summed E-state index contributed by atoms with van der Waals surface area (Å²) < 4.78 is 22.5. The fraction of sp³-hybridized carbons (Fsp3) is 0.154. The number of rotatable bonds is 6. The number of nitrogens with zero attached hydrogens (tertiary/aromatic N) is 1. The molecule has 0 N–H and O–H groups in total. The van der Waals surface area contributed by atoms with Crippen molar-refractivity contribution in [2.45, 2.75) is 20.8 Å². The molecule has 0 saturated carbocycles. The highest BCUT2D eigenvalue weighted by atomic mass is 31.2. The quantitative estimate of drug-likeness (QED) is 0.409. The molecule has 1 aromatic heterocycles. The minimum Gasteiger partial charge on any atom is -0.494 e. The van der Waals surface area contributed by atoms with Gasteiger partial charge in [-0.15, -0.1) is 0 Å². The molecule has 0 aliphatic heterocycles. The van der Waals surface area contributed by atoms with Gasteiger partial charge in [-0.1, -0.05) is 60.7 Å². The highest BCUT2D eigenvalue weighted by Crippen LogP contribution is 2.44. The third-order valence-corrected chi connectivity index (χ3v) is 8.57. The van der Waals surface area contributed by atoms with Gasteiger partial charge in [0.05, 0.1) is 6.61 Å². The second kappa shape index (κ2) is 8.38.